The van der Waals surface area contributed by atoms with Gasteiger partial charge < -0.3 is 9.80 Å². The van der Waals surface area contributed by atoms with Gasteiger partial charge in [0.15, 0.2) is 5.65 Å². The Hall–Kier alpha value is -2.18. The Kier molecular flexibility index (Phi) is 5.14. The van der Waals surface area contributed by atoms with Gasteiger partial charge in [-0.25, -0.2) is 14.6 Å². The van der Waals surface area contributed by atoms with E-state index in [1.54, 1.807) is 0 Å². The number of anilines is 1. The third kappa shape index (κ3) is 3.60. The summed E-state index contributed by atoms with van der Waals surface area (Å²) in [7, 11) is 2.18. The normalized spacial score (nSPS) is 19.2. The van der Waals surface area contributed by atoms with Crippen LogP contribution in [0.1, 0.15) is 43.8 Å². The summed E-state index contributed by atoms with van der Waals surface area (Å²) >= 11 is 6.49. The van der Waals surface area contributed by atoms with Crippen LogP contribution in [-0.2, 0) is 0 Å². The van der Waals surface area contributed by atoms with Crippen LogP contribution in [0, 0.1) is 0 Å². The average molecular weight is 411 g/mol. The minimum Gasteiger partial charge on any atom is -0.353 e. The number of nitrogens with zero attached hydrogens (tertiary/aromatic N) is 6. The maximum Gasteiger partial charge on any atom is 0.168 e. The molecular weight excluding hydrogens is 384 g/mol. The summed E-state index contributed by atoms with van der Waals surface area (Å²) in [5.74, 6) is 2.44. The van der Waals surface area contributed by atoms with Crippen molar-refractivity contribution in [1.29, 1.82) is 0 Å². The number of rotatable bonds is 3. The molecule has 0 radical (unpaired) electrons. The molecule has 0 N–H and O–H groups in total. The summed E-state index contributed by atoms with van der Waals surface area (Å²) in [6.07, 6.45) is 8.10. The van der Waals surface area contributed by atoms with Gasteiger partial charge in [0.05, 0.1) is 22.3 Å². The first-order valence-electron chi connectivity index (χ1n) is 10.6. The van der Waals surface area contributed by atoms with Gasteiger partial charge in [0.2, 0.25) is 0 Å². The molecule has 1 aromatic carbocycles. The van der Waals surface area contributed by atoms with Gasteiger partial charge in [0, 0.05) is 32.1 Å². The zero-order valence-electron chi connectivity index (χ0n) is 16.9. The van der Waals surface area contributed by atoms with E-state index in [-0.39, 0.29) is 0 Å². The molecule has 5 rings (SSSR count). The first-order chi connectivity index (χ1) is 14.2. The molecule has 0 atom stereocenters. The molecule has 1 saturated heterocycles. The van der Waals surface area contributed by atoms with E-state index in [2.05, 4.69) is 21.9 Å². The van der Waals surface area contributed by atoms with Crippen molar-refractivity contribution in [3.63, 3.8) is 0 Å². The number of hydrogen-bond acceptors (Lipinski definition) is 5. The topological polar surface area (TPSA) is 50.1 Å². The van der Waals surface area contributed by atoms with E-state index in [4.69, 9.17) is 21.6 Å². The highest BCUT2D eigenvalue weighted by Crippen LogP contribution is 2.35. The van der Waals surface area contributed by atoms with Crippen molar-refractivity contribution >= 4 is 28.5 Å². The number of hydrogen-bond donors (Lipinski definition) is 0. The molecule has 1 aliphatic carbocycles. The second-order valence-electron chi connectivity index (χ2n) is 8.28. The molecule has 3 aromatic rings. The van der Waals surface area contributed by atoms with Crippen LogP contribution in [0.3, 0.4) is 0 Å². The third-order valence-electron chi connectivity index (χ3n) is 6.28. The lowest BCUT2D eigenvalue weighted by Crippen LogP contribution is -2.45. The van der Waals surface area contributed by atoms with E-state index in [9.17, 15) is 0 Å². The smallest absolute Gasteiger partial charge is 0.168 e. The fourth-order valence-corrected chi connectivity index (χ4v) is 4.73. The van der Waals surface area contributed by atoms with E-state index in [0.29, 0.717) is 10.9 Å². The van der Waals surface area contributed by atoms with E-state index in [1.807, 2.05) is 35.1 Å². The summed E-state index contributed by atoms with van der Waals surface area (Å²) in [6, 6.07) is 7.82. The van der Waals surface area contributed by atoms with Gasteiger partial charge in [0.1, 0.15) is 11.6 Å². The predicted octanol–water partition coefficient (Wildman–Crippen LogP) is 4.27. The molecule has 0 bridgehead atoms. The number of benzene rings is 1. The number of para-hydroxylation sites is 1. The van der Waals surface area contributed by atoms with Crippen LogP contribution in [0.4, 0.5) is 5.82 Å². The fourth-order valence-electron chi connectivity index (χ4n) is 4.51. The summed E-state index contributed by atoms with van der Waals surface area (Å²) in [5, 5.41) is 6.36. The average Bonchev–Trinajstić information content (AvgIpc) is 3.18. The Morgan fingerprint density at radius 2 is 1.72 bits per heavy atom. The maximum atomic E-state index is 6.49. The van der Waals surface area contributed by atoms with E-state index >= 15 is 0 Å². The van der Waals surface area contributed by atoms with Gasteiger partial charge in [0.25, 0.3) is 0 Å². The molecule has 29 heavy (non-hydrogen) atoms. The second kappa shape index (κ2) is 7.92. The summed E-state index contributed by atoms with van der Waals surface area (Å²) in [4.78, 5) is 14.9. The molecule has 2 aliphatic rings. The Morgan fingerprint density at radius 3 is 2.48 bits per heavy atom. The SMILES string of the molecule is CN1CCN(c2nc(C3CCCCC3)nc3c2cnn3-c2ccccc2Cl)CC1. The molecule has 2 aromatic heterocycles. The van der Waals surface area contributed by atoms with E-state index < -0.39 is 0 Å². The zero-order chi connectivity index (χ0) is 19.8. The first kappa shape index (κ1) is 18.8. The Bertz CT molecular complexity index is 1000. The number of fused-ring (bicyclic) bond motifs is 1. The quantitative estimate of drug-likeness (QED) is 0.645. The molecule has 1 aliphatic heterocycles. The maximum absolute atomic E-state index is 6.49. The monoisotopic (exact) mass is 410 g/mol. The van der Waals surface area contributed by atoms with Gasteiger partial charge in [-0.2, -0.15) is 5.10 Å². The first-order valence-corrected chi connectivity index (χ1v) is 11.0. The highest BCUT2D eigenvalue weighted by molar-refractivity contribution is 6.32. The molecular formula is C22H27ClN6. The lowest BCUT2D eigenvalue weighted by Gasteiger charge is -2.34. The van der Waals surface area contributed by atoms with Crippen LogP contribution in [0.5, 0.6) is 0 Å². The standard InChI is InChI=1S/C22H27ClN6/c1-27-11-13-28(14-12-27)21-17-15-24-29(19-10-6-5-9-18(19)23)22(17)26-20(25-21)16-7-3-2-4-8-16/h5-6,9-10,15-16H,2-4,7-8,11-14H2,1H3. The number of aromatic nitrogens is 4. The lowest BCUT2D eigenvalue weighted by atomic mass is 9.88. The Balaban J connectivity index is 1.65. The predicted molar refractivity (Wildman–Crippen MR) is 117 cm³/mol. The van der Waals surface area contributed by atoms with Crippen LogP contribution in [0.2, 0.25) is 5.02 Å². The molecule has 6 nitrogen and oxygen atoms in total. The van der Waals surface area contributed by atoms with Crippen molar-refractivity contribution in [2.75, 3.05) is 38.1 Å². The van der Waals surface area contributed by atoms with Gasteiger partial charge in [-0.05, 0) is 32.0 Å². The van der Waals surface area contributed by atoms with Gasteiger partial charge in [-0.15, -0.1) is 0 Å². The Labute approximate surface area is 176 Å². The van der Waals surface area contributed by atoms with Crippen molar-refractivity contribution in [2.24, 2.45) is 0 Å². The fraction of sp³-hybridized carbons (Fsp3) is 0.500. The molecule has 1 saturated carbocycles. The zero-order valence-corrected chi connectivity index (χ0v) is 17.6. The molecule has 0 spiro atoms. The number of halogens is 1. The van der Waals surface area contributed by atoms with Crippen LogP contribution < -0.4 is 4.90 Å². The minimum absolute atomic E-state index is 0.439. The van der Waals surface area contributed by atoms with Crippen molar-refractivity contribution in [2.45, 2.75) is 38.0 Å². The minimum atomic E-state index is 0.439. The van der Waals surface area contributed by atoms with Crippen LogP contribution in [-0.4, -0.2) is 57.9 Å². The molecule has 0 amide bonds. The number of piperazine rings is 1. The van der Waals surface area contributed by atoms with Gasteiger partial charge >= 0.3 is 0 Å². The van der Waals surface area contributed by atoms with Gasteiger partial charge in [-0.1, -0.05) is 43.0 Å². The Morgan fingerprint density at radius 1 is 0.966 bits per heavy atom. The van der Waals surface area contributed by atoms with Crippen molar-refractivity contribution in [3.8, 4) is 5.69 Å². The highest BCUT2D eigenvalue weighted by atomic mass is 35.5. The second-order valence-corrected chi connectivity index (χ2v) is 8.68. The molecule has 3 heterocycles. The summed E-state index contributed by atoms with van der Waals surface area (Å²) < 4.78 is 1.88. The molecule has 0 unspecified atom stereocenters. The van der Waals surface area contributed by atoms with Crippen LogP contribution in [0.15, 0.2) is 30.5 Å². The van der Waals surface area contributed by atoms with E-state index in [0.717, 1.165) is 54.5 Å². The highest BCUT2D eigenvalue weighted by Gasteiger charge is 2.25. The summed E-state index contributed by atoms with van der Waals surface area (Å²) in [5.41, 5.74) is 1.73. The lowest BCUT2D eigenvalue weighted by molar-refractivity contribution is 0.312. The number of likely N-dealkylation sites (N-methyl/N-ethyl adjacent to an activating group) is 1. The van der Waals surface area contributed by atoms with Crippen molar-refractivity contribution < 1.29 is 0 Å². The van der Waals surface area contributed by atoms with Crippen molar-refractivity contribution in [1.82, 2.24) is 24.6 Å². The molecule has 152 valence electrons. The van der Waals surface area contributed by atoms with E-state index in [1.165, 1.54) is 32.1 Å². The molecule has 2 fully saturated rings. The largest absolute Gasteiger partial charge is 0.353 e. The summed E-state index contributed by atoms with van der Waals surface area (Å²) in [6.45, 7) is 4.04. The molecule has 7 heteroatoms. The van der Waals surface area contributed by atoms with Crippen molar-refractivity contribution in [3.05, 3.63) is 41.3 Å². The van der Waals surface area contributed by atoms with Gasteiger partial charge in [-0.3, -0.25) is 0 Å². The van der Waals surface area contributed by atoms with Crippen LogP contribution in [0.25, 0.3) is 16.7 Å². The third-order valence-corrected chi connectivity index (χ3v) is 6.60. The van der Waals surface area contributed by atoms with Crippen LogP contribution >= 0.6 is 11.6 Å².